The number of pyridine rings is 1. The number of carbonyl (C=O) groups excluding carboxylic acids is 1. The number of thioether (sulfide) groups is 1. The van der Waals surface area contributed by atoms with Crippen LogP contribution < -0.4 is 5.32 Å². The molecule has 0 bridgehead atoms. The van der Waals surface area contributed by atoms with Crippen molar-refractivity contribution in [1.29, 1.82) is 0 Å². The van der Waals surface area contributed by atoms with Crippen LogP contribution in [0.25, 0.3) is 0 Å². The van der Waals surface area contributed by atoms with Crippen LogP contribution in [0.3, 0.4) is 0 Å². The summed E-state index contributed by atoms with van der Waals surface area (Å²) >= 11 is 7.25. The molecular formula is C14H13ClN2OS. The van der Waals surface area contributed by atoms with Gasteiger partial charge in [0.05, 0.1) is 10.8 Å². The van der Waals surface area contributed by atoms with Gasteiger partial charge in [0.2, 0.25) is 5.91 Å². The van der Waals surface area contributed by atoms with E-state index in [1.54, 1.807) is 30.5 Å². The Balaban J connectivity index is 1.86. The highest BCUT2D eigenvalue weighted by Crippen LogP contribution is 2.17. The smallest absolute Gasteiger partial charge is 0.234 e. The Hall–Kier alpha value is -1.52. The molecule has 5 heteroatoms. The fourth-order valence-electron chi connectivity index (χ4n) is 1.44. The summed E-state index contributed by atoms with van der Waals surface area (Å²) in [6.07, 6.45) is 1.79. The second-order valence-electron chi connectivity index (χ2n) is 4.02. The van der Waals surface area contributed by atoms with E-state index in [1.165, 1.54) is 11.8 Å². The van der Waals surface area contributed by atoms with E-state index in [0.717, 1.165) is 10.6 Å². The van der Waals surface area contributed by atoms with Gasteiger partial charge in [-0.25, -0.2) is 4.98 Å². The van der Waals surface area contributed by atoms with E-state index in [-0.39, 0.29) is 5.91 Å². The maximum Gasteiger partial charge on any atom is 0.234 e. The van der Waals surface area contributed by atoms with Crippen molar-refractivity contribution in [3.8, 4) is 0 Å². The Kier molecular flexibility index (Phi) is 4.82. The van der Waals surface area contributed by atoms with Crippen LogP contribution in [0, 0.1) is 6.92 Å². The van der Waals surface area contributed by atoms with Crippen LogP contribution >= 0.6 is 23.4 Å². The number of hydrogen-bond donors (Lipinski definition) is 1. The molecule has 1 amide bonds. The predicted molar refractivity (Wildman–Crippen MR) is 79.8 cm³/mol. The first-order valence-corrected chi connectivity index (χ1v) is 7.11. The minimum absolute atomic E-state index is 0.0744. The second-order valence-corrected chi connectivity index (χ2v) is 5.45. The zero-order valence-electron chi connectivity index (χ0n) is 10.4. The predicted octanol–water partition coefficient (Wildman–Crippen LogP) is 3.77. The molecule has 0 aliphatic carbocycles. The highest BCUT2D eigenvalue weighted by molar-refractivity contribution is 7.99. The van der Waals surface area contributed by atoms with Crippen LogP contribution in [-0.2, 0) is 4.79 Å². The monoisotopic (exact) mass is 292 g/mol. The third-order valence-corrected chi connectivity index (χ3v) is 3.52. The molecule has 0 radical (unpaired) electrons. The first-order valence-electron chi connectivity index (χ1n) is 5.74. The number of hydrogen-bond acceptors (Lipinski definition) is 3. The number of anilines is 1. The molecule has 3 nitrogen and oxygen atoms in total. The molecule has 19 heavy (non-hydrogen) atoms. The Morgan fingerprint density at radius 2 is 2.21 bits per heavy atom. The molecule has 98 valence electrons. The summed E-state index contributed by atoms with van der Waals surface area (Å²) in [5, 5.41) is 4.23. The van der Waals surface area contributed by atoms with Gasteiger partial charge in [0.25, 0.3) is 0 Å². The van der Waals surface area contributed by atoms with Crippen molar-refractivity contribution in [2.45, 2.75) is 11.9 Å². The summed E-state index contributed by atoms with van der Waals surface area (Å²) in [6.45, 7) is 1.98. The average Bonchev–Trinajstić information content (AvgIpc) is 2.38. The molecular weight excluding hydrogens is 280 g/mol. The van der Waals surface area contributed by atoms with Crippen molar-refractivity contribution in [1.82, 2.24) is 4.98 Å². The van der Waals surface area contributed by atoms with Crippen molar-refractivity contribution < 1.29 is 4.79 Å². The van der Waals surface area contributed by atoms with Gasteiger partial charge in [0.1, 0.15) is 0 Å². The molecule has 1 aromatic carbocycles. The summed E-state index contributed by atoms with van der Waals surface area (Å²) in [6, 6.07) is 11.0. The van der Waals surface area contributed by atoms with Gasteiger partial charge in [-0.3, -0.25) is 4.79 Å². The molecule has 0 spiro atoms. The maximum atomic E-state index is 11.8. The molecule has 1 heterocycles. The van der Waals surface area contributed by atoms with Gasteiger partial charge < -0.3 is 5.32 Å². The van der Waals surface area contributed by atoms with E-state index >= 15 is 0 Å². The van der Waals surface area contributed by atoms with Crippen molar-refractivity contribution in [2.24, 2.45) is 0 Å². The van der Waals surface area contributed by atoms with E-state index < -0.39 is 0 Å². The lowest BCUT2D eigenvalue weighted by Crippen LogP contribution is -2.13. The number of halogens is 1. The molecule has 2 rings (SSSR count). The average molecular weight is 293 g/mol. The molecule has 0 fully saturated rings. The minimum atomic E-state index is -0.0744. The normalized spacial score (nSPS) is 10.2. The van der Waals surface area contributed by atoms with E-state index in [2.05, 4.69) is 10.3 Å². The summed E-state index contributed by atoms with van der Waals surface area (Å²) < 4.78 is 0. The first-order chi connectivity index (χ1) is 9.13. The molecule has 0 aliphatic heterocycles. The highest BCUT2D eigenvalue weighted by Gasteiger charge is 2.04. The Morgan fingerprint density at radius 3 is 2.89 bits per heavy atom. The third kappa shape index (κ3) is 4.58. The topological polar surface area (TPSA) is 42.0 Å². The lowest BCUT2D eigenvalue weighted by Gasteiger charge is -2.05. The summed E-state index contributed by atoms with van der Waals surface area (Å²) in [7, 11) is 0. The van der Waals surface area contributed by atoms with Crippen molar-refractivity contribution >= 4 is 35.0 Å². The van der Waals surface area contributed by atoms with Gasteiger partial charge in [-0.05, 0) is 36.8 Å². The SMILES string of the molecule is Cc1ccc(SCC(=O)Nc2cccc(Cl)c2)nc1. The second kappa shape index (κ2) is 6.59. The van der Waals surface area contributed by atoms with Crippen molar-refractivity contribution in [2.75, 3.05) is 11.1 Å². The standard InChI is InChI=1S/C14H13ClN2OS/c1-10-5-6-14(16-8-10)19-9-13(18)17-12-4-2-3-11(15)7-12/h2-8H,9H2,1H3,(H,17,18). The molecule has 0 unspecified atom stereocenters. The molecule has 1 N–H and O–H groups in total. The largest absolute Gasteiger partial charge is 0.325 e. The summed E-state index contributed by atoms with van der Waals surface area (Å²) in [5.41, 5.74) is 1.81. The van der Waals surface area contributed by atoms with Gasteiger partial charge in [-0.1, -0.05) is 35.5 Å². The van der Waals surface area contributed by atoms with Gasteiger partial charge in [-0.2, -0.15) is 0 Å². The highest BCUT2D eigenvalue weighted by atomic mass is 35.5. The Morgan fingerprint density at radius 1 is 1.37 bits per heavy atom. The number of aryl methyl sites for hydroxylation is 1. The first kappa shape index (κ1) is 13.9. The van der Waals surface area contributed by atoms with Crippen molar-refractivity contribution in [3.63, 3.8) is 0 Å². The van der Waals surface area contributed by atoms with Crippen LogP contribution in [0.15, 0.2) is 47.6 Å². The van der Waals surface area contributed by atoms with E-state index in [4.69, 9.17) is 11.6 Å². The zero-order chi connectivity index (χ0) is 13.7. The summed E-state index contributed by atoms with van der Waals surface area (Å²) in [4.78, 5) is 16.0. The summed E-state index contributed by atoms with van der Waals surface area (Å²) in [5.74, 6) is 0.248. The van der Waals surface area contributed by atoms with E-state index in [0.29, 0.717) is 16.5 Å². The quantitative estimate of drug-likeness (QED) is 0.872. The number of rotatable bonds is 4. The minimum Gasteiger partial charge on any atom is -0.325 e. The number of carbonyl (C=O) groups is 1. The molecule has 0 saturated heterocycles. The van der Waals surface area contributed by atoms with Crippen LogP contribution in [0.5, 0.6) is 0 Å². The molecule has 0 aliphatic rings. The number of nitrogens with one attached hydrogen (secondary N) is 1. The van der Waals surface area contributed by atoms with Gasteiger partial charge in [0.15, 0.2) is 0 Å². The number of amides is 1. The zero-order valence-corrected chi connectivity index (χ0v) is 12.0. The van der Waals surface area contributed by atoms with E-state index in [9.17, 15) is 4.79 Å². The molecule has 0 atom stereocenters. The van der Waals surface area contributed by atoms with Crippen molar-refractivity contribution in [3.05, 3.63) is 53.2 Å². The third-order valence-electron chi connectivity index (χ3n) is 2.34. The molecule has 0 saturated carbocycles. The number of benzene rings is 1. The van der Waals surface area contributed by atoms with Gasteiger partial charge in [0, 0.05) is 16.9 Å². The number of aromatic nitrogens is 1. The van der Waals surface area contributed by atoms with E-state index in [1.807, 2.05) is 19.1 Å². The molecule has 2 aromatic rings. The Labute approximate surface area is 121 Å². The fourth-order valence-corrected chi connectivity index (χ4v) is 2.28. The lowest BCUT2D eigenvalue weighted by molar-refractivity contribution is -0.113. The van der Waals surface area contributed by atoms with Crippen LogP contribution in [0.4, 0.5) is 5.69 Å². The Bertz CT molecular complexity index is 572. The van der Waals surface area contributed by atoms with Crippen LogP contribution in [0.2, 0.25) is 5.02 Å². The lowest BCUT2D eigenvalue weighted by atomic mass is 10.3. The maximum absolute atomic E-state index is 11.8. The van der Waals surface area contributed by atoms with Crippen LogP contribution in [-0.4, -0.2) is 16.6 Å². The van der Waals surface area contributed by atoms with Gasteiger partial charge >= 0.3 is 0 Å². The van der Waals surface area contributed by atoms with Crippen LogP contribution in [0.1, 0.15) is 5.56 Å². The molecule has 1 aromatic heterocycles. The number of nitrogens with zero attached hydrogens (tertiary/aromatic N) is 1. The fraction of sp³-hybridized carbons (Fsp3) is 0.143. The van der Waals surface area contributed by atoms with Gasteiger partial charge in [-0.15, -0.1) is 0 Å².